The Kier molecular flexibility index (Phi) is 3.22. The Morgan fingerprint density at radius 1 is 1.47 bits per heavy atom. The summed E-state index contributed by atoms with van der Waals surface area (Å²) in [6.45, 7) is 4.47. The number of aryl methyl sites for hydroxylation is 1. The monoisotopic (exact) mass is 233 g/mol. The zero-order chi connectivity index (χ0) is 12.3. The zero-order valence-corrected chi connectivity index (χ0v) is 9.84. The highest BCUT2D eigenvalue weighted by molar-refractivity contribution is 5.33. The summed E-state index contributed by atoms with van der Waals surface area (Å²) in [5, 5.41) is 3.05. The van der Waals surface area contributed by atoms with Crippen molar-refractivity contribution in [1.29, 1.82) is 0 Å². The summed E-state index contributed by atoms with van der Waals surface area (Å²) >= 11 is 0. The first-order valence-corrected chi connectivity index (χ1v) is 5.53. The van der Waals surface area contributed by atoms with E-state index in [0.717, 1.165) is 5.82 Å². The van der Waals surface area contributed by atoms with Crippen LogP contribution >= 0.6 is 0 Å². The van der Waals surface area contributed by atoms with Gasteiger partial charge in [-0.1, -0.05) is 0 Å². The fourth-order valence-electron chi connectivity index (χ4n) is 1.58. The molecule has 6 heteroatoms. The quantitative estimate of drug-likeness (QED) is 0.830. The maximum Gasteiger partial charge on any atom is 0.293 e. The SMILES string of the molecule is CCn1ccnc(NC(C)c2ncc[nH]2)c1=O. The molecule has 0 saturated carbocycles. The van der Waals surface area contributed by atoms with Crippen LogP contribution in [0, 0.1) is 0 Å². The van der Waals surface area contributed by atoms with Gasteiger partial charge in [-0.25, -0.2) is 9.97 Å². The van der Waals surface area contributed by atoms with E-state index in [9.17, 15) is 4.79 Å². The van der Waals surface area contributed by atoms with Crippen LogP contribution in [0.1, 0.15) is 25.7 Å². The number of aromatic nitrogens is 4. The summed E-state index contributed by atoms with van der Waals surface area (Å²) in [5.74, 6) is 1.12. The molecule has 2 rings (SSSR count). The molecule has 0 radical (unpaired) electrons. The number of nitrogens with zero attached hydrogens (tertiary/aromatic N) is 3. The van der Waals surface area contributed by atoms with Crippen LogP contribution in [-0.2, 0) is 6.54 Å². The van der Waals surface area contributed by atoms with Crippen LogP contribution in [-0.4, -0.2) is 19.5 Å². The Hall–Kier alpha value is -2.11. The third-order valence-corrected chi connectivity index (χ3v) is 2.54. The van der Waals surface area contributed by atoms with Gasteiger partial charge in [0.25, 0.3) is 5.56 Å². The molecule has 0 aliphatic carbocycles. The fraction of sp³-hybridized carbons (Fsp3) is 0.364. The van der Waals surface area contributed by atoms with Crippen molar-refractivity contribution in [2.75, 3.05) is 5.32 Å². The Labute approximate surface area is 98.7 Å². The smallest absolute Gasteiger partial charge is 0.293 e. The summed E-state index contributed by atoms with van der Waals surface area (Å²) < 4.78 is 1.60. The third-order valence-electron chi connectivity index (χ3n) is 2.54. The molecule has 0 saturated heterocycles. The van der Waals surface area contributed by atoms with Gasteiger partial charge in [0.15, 0.2) is 5.82 Å². The van der Waals surface area contributed by atoms with Crippen LogP contribution < -0.4 is 10.9 Å². The minimum atomic E-state index is -0.117. The molecule has 2 heterocycles. The predicted molar refractivity (Wildman–Crippen MR) is 64.8 cm³/mol. The lowest BCUT2D eigenvalue weighted by atomic mass is 10.3. The summed E-state index contributed by atoms with van der Waals surface area (Å²) in [6, 6.07) is -0.0853. The maximum atomic E-state index is 11.9. The van der Waals surface area contributed by atoms with Gasteiger partial charge in [0.2, 0.25) is 0 Å². The molecule has 0 aliphatic heterocycles. The van der Waals surface area contributed by atoms with E-state index in [1.807, 2.05) is 13.8 Å². The lowest BCUT2D eigenvalue weighted by Gasteiger charge is -2.12. The van der Waals surface area contributed by atoms with Crippen molar-refractivity contribution < 1.29 is 0 Å². The van der Waals surface area contributed by atoms with Crippen molar-refractivity contribution in [1.82, 2.24) is 19.5 Å². The van der Waals surface area contributed by atoms with Gasteiger partial charge in [-0.15, -0.1) is 0 Å². The van der Waals surface area contributed by atoms with E-state index in [2.05, 4.69) is 20.3 Å². The molecule has 0 fully saturated rings. The number of H-pyrrole nitrogens is 1. The molecule has 0 aromatic carbocycles. The molecule has 2 aromatic heterocycles. The number of rotatable bonds is 4. The van der Waals surface area contributed by atoms with Crippen molar-refractivity contribution >= 4 is 5.82 Å². The molecule has 17 heavy (non-hydrogen) atoms. The van der Waals surface area contributed by atoms with Gasteiger partial charge < -0.3 is 14.9 Å². The predicted octanol–water partition coefficient (Wildman–Crippen LogP) is 1.16. The van der Waals surface area contributed by atoms with Crippen molar-refractivity contribution in [3.8, 4) is 0 Å². The van der Waals surface area contributed by atoms with Gasteiger partial charge >= 0.3 is 0 Å². The van der Waals surface area contributed by atoms with Crippen LogP contribution in [0.3, 0.4) is 0 Å². The molecule has 1 unspecified atom stereocenters. The Balaban J connectivity index is 2.22. The Morgan fingerprint density at radius 2 is 2.29 bits per heavy atom. The van der Waals surface area contributed by atoms with E-state index < -0.39 is 0 Å². The molecule has 0 amide bonds. The average molecular weight is 233 g/mol. The van der Waals surface area contributed by atoms with Crippen LogP contribution in [0.5, 0.6) is 0 Å². The minimum absolute atomic E-state index is 0.0853. The van der Waals surface area contributed by atoms with Gasteiger partial charge in [0.1, 0.15) is 5.82 Å². The first-order valence-electron chi connectivity index (χ1n) is 5.53. The summed E-state index contributed by atoms with van der Waals surface area (Å²) in [6.07, 6.45) is 6.71. The average Bonchev–Trinajstić information content (AvgIpc) is 2.85. The summed E-state index contributed by atoms with van der Waals surface area (Å²) in [4.78, 5) is 23.1. The highest BCUT2D eigenvalue weighted by Gasteiger charge is 2.11. The number of hydrogen-bond donors (Lipinski definition) is 2. The van der Waals surface area contributed by atoms with E-state index in [1.165, 1.54) is 0 Å². The molecule has 0 aliphatic rings. The molecule has 1 atom stereocenters. The molecule has 90 valence electrons. The van der Waals surface area contributed by atoms with E-state index >= 15 is 0 Å². The van der Waals surface area contributed by atoms with E-state index in [1.54, 1.807) is 29.4 Å². The van der Waals surface area contributed by atoms with Gasteiger partial charge in [-0.3, -0.25) is 4.79 Å². The fourth-order valence-corrected chi connectivity index (χ4v) is 1.58. The topological polar surface area (TPSA) is 75.6 Å². The molecular weight excluding hydrogens is 218 g/mol. The Bertz CT molecular complexity index is 531. The second-order valence-electron chi connectivity index (χ2n) is 3.71. The molecule has 0 spiro atoms. The lowest BCUT2D eigenvalue weighted by molar-refractivity contribution is 0.711. The molecular formula is C11H15N5O. The normalized spacial score (nSPS) is 12.4. The van der Waals surface area contributed by atoms with Gasteiger partial charge in [0, 0.05) is 31.3 Å². The standard InChI is InChI=1S/C11H15N5O/c1-3-16-7-6-14-10(11(16)17)15-8(2)9-12-4-5-13-9/h4-8H,3H2,1-2H3,(H,12,13)(H,14,15). The molecule has 2 aromatic rings. The highest BCUT2D eigenvalue weighted by atomic mass is 16.1. The number of hydrogen-bond acceptors (Lipinski definition) is 4. The van der Waals surface area contributed by atoms with Crippen molar-refractivity contribution in [3.63, 3.8) is 0 Å². The second kappa shape index (κ2) is 4.82. The van der Waals surface area contributed by atoms with E-state index in [4.69, 9.17) is 0 Å². The van der Waals surface area contributed by atoms with Crippen LogP contribution in [0.15, 0.2) is 29.6 Å². The summed E-state index contributed by atoms with van der Waals surface area (Å²) in [7, 11) is 0. The van der Waals surface area contributed by atoms with Crippen molar-refractivity contribution in [2.24, 2.45) is 0 Å². The van der Waals surface area contributed by atoms with Gasteiger partial charge in [-0.05, 0) is 13.8 Å². The van der Waals surface area contributed by atoms with E-state index in [-0.39, 0.29) is 11.6 Å². The third kappa shape index (κ3) is 2.35. The highest BCUT2D eigenvalue weighted by Crippen LogP contribution is 2.10. The number of anilines is 1. The number of nitrogens with one attached hydrogen (secondary N) is 2. The number of imidazole rings is 1. The first kappa shape index (κ1) is 11.4. The van der Waals surface area contributed by atoms with Gasteiger partial charge in [-0.2, -0.15) is 0 Å². The number of aromatic amines is 1. The van der Waals surface area contributed by atoms with Crippen LogP contribution in [0.25, 0.3) is 0 Å². The lowest BCUT2D eigenvalue weighted by Crippen LogP contribution is -2.25. The maximum absolute atomic E-state index is 11.9. The second-order valence-corrected chi connectivity index (χ2v) is 3.71. The molecule has 2 N–H and O–H groups in total. The van der Waals surface area contributed by atoms with Gasteiger partial charge in [0.05, 0.1) is 6.04 Å². The van der Waals surface area contributed by atoms with Crippen molar-refractivity contribution in [2.45, 2.75) is 26.4 Å². The van der Waals surface area contributed by atoms with Crippen LogP contribution in [0.2, 0.25) is 0 Å². The molecule has 6 nitrogen and oxygen atoms in total. The van der Waals surface area contributed by atoms with E-state index in [0.29, 0.717) is 12.4 Å². The molecule has 0 bridgehead atoms. The summed E-state index contributed by atoms with van der Waals surface area (Å²) in [5.41, 5.74) is -0.117. The first-order chi connectivity index (χ1) is 8.22. The zero-order valence-electron chi connectivity index (χ0n) is 9.84. The van der Waals surface area contributed by atoms with Crippen molar-refractivity contribution in [3.05, 3.63) is 41.0 Å². The minimum Gasteiger partial charge on any atom is -0.356 e. The largest absolute Gasteiger partial charge is 0.356 e. The van der Waals surface area contributed by atoms with Crippen LogP contribution in [0.4, 0.5) is 5.82 Å². The Morgan fingerprint density at radius 3 is 2.94 bits per heavy atom.